The number of carbonyl (C=O) groups excluding carboxylic acids is 3. The van der Waals surface area contributed by atoms with Crippen LogP contribution in [0, 0.1) is 5.92 Å². The Morgan fingerprint density at radius 3 is 2.33 bits per heavy atom. The van der Waals surface area contributed by atoms with Crippen LogP contribution >= 0.6 is 23.2 Å². The Bertz CT molecular complexity index is 1120. The Labute approximate surface area is 199 Å². The SMILES string of the molecule is O=C(O)C1CN(c2ccc(N3CCCOC3=O)cc2)C(=O)N(Cc2cccc(Cl)c2Cl)C1=O. The summed E-state index contributed by atoms with van der Waals surface area (Å²) in [6, 6.07) is 10.6. The largest absolute Gasteiger partial charge is 0.481 e. The van der Waals surface area contributed by atoms with Crippen LogP contribution in [0.5, 0.6) is 0 Å². The first-order valence-corrected chi connectivity index (χ1v) is 10.9. The number of anilines is 2. The maximum Gasteiger partial charge on any atom is 0.414 e. The molecule has 172 valence electrons. The number of carbonyl (C=O) groups is 4. The number of cyclic esters (lactones) is 1. The molecule has 0 bridgehead atoms. The number of hydrogen-bond acceptors (Lipinski definition) is 5. The van der Waals surface area contributed by atoms with Gasteiger partial charge in [-0.3, -0.25) is 24.3 Å². The molecule has 1 N–H and O–H groups in total. The number of ether oxygens (including phenoxy) is 1. The van der Waals surface area contributed by atoms with Gasteiger partial charge in [0.2, 0.25) is 5.91 Å². The first-order chi connectivity index (χ1) is 15.8. The molecule has 2 fully saturated rings. The fourth-order valence-electron chi connectivity index (χ4n) is 3.75. The van der Waals surface area contributed by atoms with E-state index in [0.717, 1.165) is 4.90 Å². The van der Waals surface area contributed by atoms with Crippen LogP contribution in [-0.2, 0) is 20.9 Å². The monoisotopic (exact) mass is 491 g/mol. The molecule has 2 aromatic rings. The van der Waals surface area contributed by atoms with Gasteiger partial charge in [0.15, 0.2) is 5.92 Å². The molecular weight excluding hydrogens is 473 g/mol. The summed E-state index contributed by atoms with van der Waals surface area (Å²) in [6.45, 7) is 0.324. The van der Waals surface area contributed by atoms with Gasteiger partial charge in [-0.1, -0.05) is 35.3 Å². The smallest absolute Gasteiger partial charge is 0.414 e. The van der Waals surface area contributed by atoms with Crippen LogP contribution in [0.2, 0.25) is 10.0 Å². The first-order valence-electron chi connectivity index (χ1n) is 10.1. The molecule has 11 heteroatoms. The number of carboxylic acids is 1. The zero-order valence-corrected chi connectivity index (χ0v) is 18.8. The second-order valence-corrected chi connectivity index (χ2v) is 8.34. The third kappa shape index (κ3) is 4.46. The zero-order valence-electron chi connectivity index (χ0n) is 17.2. The van der Waals surface area contributed by atoms with Gasteiger partial charge >= 0.3 is 18.1 Å². The number of benzene rings is 2. The molecule has 4 amide bonds. The van der Waals surface area contributed by atoms with Crippen molar-refractivity contribution in [2.24, 2.45) is 5.92 Å². The van der Waals surface area contributed by atoms with Gasteiger partial charge in [-0.15, -0.1) is 0 Å². The van der Waals surface area contributed by atoms with Gasteiger partial charge in [0.05, 0.1) is 23.2 Å². The van der Waals surface area contributed by atoms with Gasteiger partial charge in [0.25, 0.3) is 0 Å². The van der Waals surface area contributed by atoms with Crippen molar-refractivity contribution in [1.29, 1.82) is 0 Å². The Morgan fingerprint density at radius 1 is 1.03 bits per heavy atom. The summed E-state index contributed by atoms with van der Waals surface area (Å²) in [5.74, 6) is -3.61. The fraction of sp³-hybridized carbons (Fsp3) is 0.273. The third-order valence-electron chi connectivity index (χ3n) is 5.49. The molecule has 2 saturated heterocycles. The molecule has 2 heterocycles. The molecule has 1 atom stereocenters. The minimum atomic E-state index is -1.45. The molecule has 0 spiro atoms. The summed E-state index contributed by atoms with van der Waals surface area (Å²) in [4.78, 5) is 53.3. The van der Waals surface area contributed by atoms with Crippen LogP contribution in [-0.4, -0.2) is 53.7 Å². The zero-order chi connectivity index (χ0) is 23.7. The van der Waals surface area contributed by atoms with Crippen LogP contribution in [0.1, 0.15) is 12.0 Å². The molecule has 0 saturated carbocycles. The number of hydrogen-bond donors (Lipinski definition) is 1. The van der Waals surface area contributed by atoms with E-state index in [1.165, 1.54) is 9.80 Å². The lowest BCUT2D eigenvalue weighted by molar-refractivity contribution is -0.150. The Balaban J connectivity index is 1.62. The highest BCUT2D eigenvalue weighted by Crippen LogP contribution is 2.31. The molecule has 9 nitrogen and oxygen atoms in total. The maximum atomic E-state index is 13.2. The highest BCUT2D eigenvalue weighted by atomic mass is 35.5. The maximum absolute atomic E-state index is 13.2. The summed E-state index contributed by atoms with van der Waals surface area (Å²) in [7, 11) is 0. The van der Waals surface area contributed by atoms with Crippen LogP contribution < -0.4 is 9.80 Å². The van der Waals surface area contributed by atoms with E-state index in [1.807, 2.05) is 0 Å². The van der Waals surface area contributed by atoms with Gasteiger partial charge < -0.3 is 9.84 Å². The number of imide groups is 1. The van der Waals surface area contributed by atoms with E-state index in [1.54, 1.807) is 42.5 Å². The lowest BCUT2D eigenvalue weighted by atomic mass is 10.0. The lowest BCUT2D eigenvalue weighted by Gasteiger charge is -2.37. The van der Waals surface area contributed by atoms with Crippen LogP contribution in [0.15, 0.2) is 42.5 Å². The van der Waals surface area contributed by atoms with E-state index < -0.39 is 29.9 Å². The number of halogens is 2. The third-order valence-corrected chi connectivity index (χ3v) is 6.35. The van der Waals surface area contributed by atoms with Crippen molar-refractivity contribution in [3.05, 3.63) is 58.1 Å². The Hall–Kier alpha value is -3.30. The quantitative estimate of drug-likeness (QED) is 0.633. The highest BCUT2D eigenvalue weighted by molar-refractivity contribution is 6.42. The van der Waals surface area contributed by atoms with Gasteiger partial charge in [0.1, 0.15) is 0 Å². The lowest BCUT2D eigenvalue weighted by Crippen LogP contribution is -2.58. The standard InChI is InChI=1S/C22H19Cl2N3O6/c23-17-4-1-3-13(18(17)24)11-27-19(28)16(20(29)30)12-26(21(27)31)15-7-5-14(6-8-15)25-9-2-10-33-22(25)32/h1,3-8,16H,2,9-12H2,(H,29,30). The number of aliphatic carboxylic acids is 1. The summed E-state index contributed by atoms with van der Waals surface area (Å²) >= 11 is 12.2. The van der Waals surface area contributed by atoms with Crippen molar-refractivity contribution < 1.29 is 29.0 Å². The number of carboxylic acid groups (broad SMARTS) is 1. The molecule has 2 aliphatic rings. The van der Waals surface area contributed by atoms with E-state index in [9.17, 15) is 24.3 Å². The number of rotatable bonds is 5. The topological polar surface area (TPSA) is 107 Å². The van der Waals surface area contributed by atoms with Gasteiger partial charge in [-0.05, 0) is 42.3 Å². The second-order valence-electron chi connectivity index (χ2n) is 7.56. The van der Waals surface area contributed by atoms with Crippen molar-refractivity contribution >= 4 is 58.6 Å². The summed E-state index contributed by atoms with van der Waals surface area (Å²) < 4.78 is 5.04. The average Bonchev–Trinajstić information content (AvgIpc) is 2.80. The minimum Gasteiger partial charge on any atom is -0.481 e. The van der Waals surface area contributed by atoms with Crippen molar-refractivity contribution in [2.75, 3.05) is 29.5 Å². The van der Waals surface area contributed by atoms with Crippen LogP contribution in [0.25, 0.3) is 0 Å². The Kier molecular flexibility index (Phi) is 6.44. The summed E-state index contributed by atoms with van der Waals surface area (Å²) in [5.41, 5.74) is 1.38. The van der Waals surface area contributed by atoms with Crippen molar-refractivity contribution in [3.8, 4) is 0 Å². The highest BCUT2D eigenvalue weighted by Gasteiger charge is 2.43. The molecule has 0 radical (unpaired) electrons. The van der Waals surface area contributed by atoms with E-state index in [-0.39, 0.29) is 23.1 Å². The molecular formula is C22H19Cl2N3O6. The van der Waals surface area contributed by atoms with Crippen molar-refractivity contribution in [2.45, 2.75) is 13.0 Å². The van der Waals surface area contributed by atoms with Crippen LogP contribution in [0.3, 0.4) is 0 Å². The van der Waals surface area contributed by atoms with Crippen LogP contribution in [0.4, 0.5) is 21.0 Å². The molecule has 1 unspecified atom stereocenters. The fourth-order valence-corrected chi connectivity index (χ4v) is 4.13. The van der Waals surface area contributed by atoms with E-state index >= 15 is 0 Å². The van der Waals surface area contributed by atoms with Gasteiger partial charge in [0, 0.05) is 24.5 Å². The average molecular weight is 492 g/mol. The van der Waals surface area contributed by atoms with E-state index in [0.29, 0.717) is 36.5 Å². The number of urea groups is 1. The number of amides is 4. The first kappa shape index (κ1) is 22.9. The van der Waals surface area contributed by atoms with Crippen molar-refractivity contribution in [1.82, 2.24) is 4.90 Å². The minimum absolute atomic E-state index is 0.182. The van der Waals surface area contributed by atoms with Gasteiger partial charge in [-0.2, -0.15) is 0 Å². The molecule has 33 heavy (non-hydrogen) atoms. The van der Waals surface area contributed by atoms with E-state index in [2.05, 4.69) is 0 Å². The predicted octanol–water partition coefficient (Wildman–Crippen LogP) is 4.01. The Morgan fingerprint density at radius 2 is 1.70 bits per heavy atom. The molecule has 0 aliphatic carbocycles. The molecule has 0 aromatic heterocycles. The second kappa shape index (κ2) is 9.29. The molecule has 2 aromatic carbocycles. The number of nitrogens with zero attached hydrogens (tertiary/aromatic N) is 3. The molecule has 4 rings (SSSR count). The predicted molar refractivity (Wildman–Crippen MR) is 121 cm³/mol. The van der Waals surface area contributed by atoms with E-state index in [4.69, 9.17) is 27.9 Å². The van der Waals surface area contributed by atoms with Crippen molar-refractivity contribution in [3.63, 3.8) is 0 Å². The normalized spacial score (nSPS) is 19.0. The molecule has 2 aliphatic heterocycles. The summed E-state index contributed by atoms with van der Waals surface area (Å²) in [5, 5.41) is 10.0. The summed E-state index contributed by atoms with van der Waals surface area (Å²) in [6.07, 6.45) is 0.241. The van der Waals surface area contributed by atoms with Gasteiger partial charge in [-0.25, -0.2) is 9.59 Å².